The third-order valence-corrected chi connectivity index (χ3v) is 6.00. The van der Waals surface area contributed by atoms with Crippen molar-refractivity contribution in [3.8, 4) is 5.75 Å². The molecule has 0 aliphatic carbocycles. The van der Waals surface area contributed by atoms with Crippen LogP contribution in [-0.4, -0.2) is 40.2 Å². The number of halogens is 2. The minimum Gasteiger partial charge on any atom is -0.484 e. The molecule has 0 saturated carbocycles. The number of sulfonamides is 1. The van der Waals surface area contributed by atoms with E-state index in [0.717, 1.165) is 19.4 Å². The molecule has 1 saturated heterocycles. The smallest absolute Gasteiger partial charge is 0.261 e. The Labute approximate surface area is 179 Å². The van der Waals surface area contributed by atoms with Gasteiger partial charge in [-0.2, -0.15) is 0 Å². The molecule has 1 aliphatic rings. The van der Waals surface area contributed by atoms with Crippen molar-refractivity contribution in [2.75, 3.05) is 24.5 Å². The molecule has 3 rings (SSSR count). The number of nitrogens with one attached hydrogen (secondary N) is 2. The van der Waals surface area contributed by atoms with Gasteiger partial charge in [-0.05, 0) is 55.3 Å². The van der Waals surface area contributed by atoms with Crippen LogP contribution in [0.15, 0.2) is 47.4 Å². The summed E-state index contributed by atoms with van der Waals surface area (Å²) in [4.78, 5) is 11.9. The summed E-state index contributed by atoms with van der Waals surface area (Å²) in [5.74, 6) is 0.110. The van der Waals surface area contributed by atoms with Gasteiger partial charge < -0.3 is 14.8 Å². The standard InChI is InChI=1S/C19H20Cl2N2O5S/c20-13-8-14(21)10-15(9-13)23-29(25,26)18-5-3-16(4-6-18)28-12-19(24)22-11-17-2-1-7-27-17/h3-6,8-10,17,23H,1-2,7,11-12H2,(H,22,24)/t17-/m1/s1. The van der Waals surface area contributed by atoms with E-state index in [1.54, 1.807) is 0 Å². The first kappa shape index (κ1) is 21.7. The van der Waals surface area contributed by atoms with Crippen molar-refractivity contribution in [2.24, 2.45) is 0 Å². The molecule has 1 heterocycles. The third-order valence-electron chi connectivity index (χ3n) is 4.17. The predicted molar refractivity (Wildman–Crippen MR) is 111 cm³/mol. The van der Waals surface area contributed by atoms with Gasteiger partial charge in [0.05, 0.1) is 16.7 Å². The lowest BCUT2D eigenvalue weighted by Crippen LogP contribution is -2.35. The minimum atomic E-state index is -3.83. The second-order valence-electron chi connectivity index (χ2n) is 6.46. The van der Waals surface area contributed by atoms with Crippen LogP contribution in [-0.2, 0) is 19.6 Å². The maximum atomic E-state index is 12.5. The summed E-state index contributed by atoms with van der Waals surface area (Å²) in [6.45, 7) is 1.02. The Bertz CT molecular complexity index is 941. The van der Waals surface area contributed by atoms with E-state index in [9.17, 15) is 13.2 Å². The fourth-order valence-corrected chi connectivity index (χ4v) is 4.34. The minimum absolute atomic E-state index is 0.0313. The summed E-state index contributed by atoms with van der Waals surface area (Å²) in [6.07, 6.45) is 2.00. The van der Waals surface area contributed by atoms with E-state index >= 15 is 0 Å². The Hall–Kier alpha value is -2.00. The molecule has 2 aromatic carbocycles. The molecule has 7 nitrogen and oxygen atoms in total. The average molecular weight is 459 g/mol. The molecular formula is C19H20Cl2N2O5S. The zero-order valence-corrected chi connectivity index (χ0v) is 17.7. The van der Waals surface area contributed by atoms with Crippen LogP contribution in [0.5, 0.6) is 5.75 Å². The van der Waals surface area contributed by atoms with Gasteiger partial charge in [0.15, 0.2) is 6.61 Å². The topological polar surface area (TPSA) is 93.7 Å². The number of benzene rings is 2. The van der Waals surface area contributed by atoms with Crippen molar-refractivity contribution >= 4 is 44.8 Å². The second kappa shape index (κ2) is 9.67. The van der Waals surface area contributed by atoms with Gasteiger partial charge in [0.1, 0.15) is 5.75 Å². The van der Waals surface area contributed by atoms with Crippen LogP contribution in [0.3, 0.4) is 0 Å². The highest BCUT2D eigenvalue weighted by atomic mass is 35.5. The SMILES string of the molecule is O=C(COc1ccc(S(=O)(=O)Nc2cc(Cl)cc(Cl)c2)cc1)NC[C@H]1CCCO1. The molecule has 10 heteroatoms. The zero-order valence-electron chi connectivity index (χ0n) is 15.4. The molecule has 1 aliphatic heterocycles. The van der Waals surface area contributed by atoms with E-state index in [-0.39, 0.29) is 29.2 Å². The van der Waals surface area contributed by atoms with Crippen molar-refractivity contribution in [1.82, 2.24) is 5.32 Å². The largest absolute Gasteiger partial charge is 0.484 e. The molecule has 2 N–H and O–H groups in total. The van der Waals surface area contributed by atoms with Gasteiger partial charge in [-0.1, -0.05) is 23.2 Å². The van der Waals surface area contributed by atoms with Crippen molar-refractivity contribution < 1.29 is 22.7 Å². The lowest BCUT2D eigenvalue weighted by molar-refractivity contribution is -0.123. The average Bonchev–Trinajstić information content (AvgIpc) is 3.17. The third kappa shape index (κ3) is 6.50. The number of rotatable bonds is 8. The van der Waals surface area contributed by atoms with Gasteiger partial charge in [-0.3, -0.25) is 9.52 Å². The van der Waals surface area contributed by atoms with Gasteiger partial charge in [-0.15, -0.1) is 0 Å². The number of ether oxygens (including phenoxy) is 2. The Morgan fingerprint density at radius 3 is 2.45 bits per heavy atom. The second-order valence-corrected chi connectivity index (χ2v) is 9.02. The number of amides is 1. The first-order valence-corrected chi connectivity index (χ1v) is 11.2. The van der Waals surface area contributed by atoms with Crippen LogP contribution in [0.2, 0.25) is 10.0 Å². The monoisotopic (exact) mass is 458 g/mol. The summed E-state index contributed by atoms with van der Waals surface area (Å²) in [7, 11) is -3.83. The first-order chi connectivity index (χ1) is 13.8. The molecule has 1 atom stereocenters. The van der Waals surface area contributed by atoms with Gasteiger partial charge in [0.2, 0.25) is 0 Å². The Morgan fingerprint density at radius 1 is 1.14 bits per heavy atom. The number of hydrogen-bond acceptors (Lipinski definition) is 5. The summed E-state index contributed by atoms with van der Waals surface area (Å²) >= 11 is 11.8. The molecule has 1 amide bonds. The summed E-state index contributed by atoms with van der Waals surface area (Å²) in [5.41, 5.74) is 0.255. The quantitative estimate of drug-likeness (QED) is 0.631. The Balaban J connectivity index is 1.53. The van der Waals surface area contributed by atoms with Crippen molar-refractivity contribution in [2.45, 2.75) is 23.8 Å². The van der Waals surface area contributed by atoms with Gasteiger partial charge in [0.25, 0.3) is 15.9 Å². The van der Waals surface area contributed by atoms with E-state index in [1.165, 1.54) is 42.5 Å². The maximum absolute atomic E-state index is 12.5. The molecule has 29 heavy (non-hydrogen) atoms. The van der Waals surface area contributed by atoms with Crippen LogP contribution in [0, 0.1) is 0 Å². The van der Waals surface area contributed by atoms with Crippen LogP contribution in [0.1, 0.15) is 12.8 Å². The molecule has 156 valence electrons. The highest BCUT2D eigenvalue weighted by Crippen LogP contribution is 2.25. The van der Waals surface area contributed by atoms with Crippen molar-refractivity contribution in [3.63, 3.8) is 0 Å². The van der Waals surface area contributed by atoms with Crippen LogP contribution in [0.25, 0.3) is 0 Å². The fraction of sp³-hybridized carbons (Fsp3) is 0.316. The molecule has 0 aromatic heterocycles. The van der Waals surface area contributed by atoms with Crippen molar-refractivity contribution in [1.29, 1.82) is 0 Å². The maximum Gasteiger partial charge on any atom is 0.261 e. The number of anilines is 1. The normalized spacial score (nSPS) is 16.4. The van der Waals surface area contributed by atoms with Gasteiger partial charge >= 0.3 is 0 Å². The van der Waals surface area contributed by atoms with E-state index in [0.29, 0.717) is 22.3 Å². The van der Waals surface area contributed by atoms with Crippen LogP contribution in [0.4, 0.5) is 5.69 Å². The first-order valence-electron chi connectivity index (χ1n) is 8.92. The molecular weight excluding hydrogens is 439 g/mol. The van der Waals surface area contributed by atoms with Crippen molar-refractivity contribution in [3.05, 3.63) is 52.5 Å². The molecule has 0 unspecified atom stereocenters. The highest BCUT2D eigenvalue weighted by Gasteiger charge is 2.17. The number of carbonyl (C=O) groups excluding carboxylic acids is 1. The molecule has 0 spiro atoms. The number of carbonyl (C=O) groups is 1. The van der Waals surface area contributed by atoms with E-state index < -0.39 is 10.0 Å². The summed E-state index contributed by atoms with van der Waals surface area (Å²) in [6, 6.07) is 10.1. The lowest BCUT2D eigenvalue weighted by Gasteiger charge is -2.12. The Kier molecular flexibility index (Phi) is 7.23. The fourth-order valence-electron chi connectivity index (χ4n) is 2.77. The zero-order chi connectivity index (χ0) is 20.9. The highest BCUT2D eigenvalue weighted by molar-refractivity contribution is 7.92. The van der Waals surface area contributed by atoms with Crippen LogP contribution < -0.4 is 14.8 Å². The van der Waals surface area contributed by atoms with E-state index in [2.05, 4.69) is 10.0 Å². The summed E-state index contributed by atoms with van der Waals surface area (Å²) < 4.78 is 38.2. The molecule has 0 radical (unpaired) electrons. The molecule has 0 bridgehead atoms. The summed E-state index contributed by atoms with van der Waals surface area (Å²) in [5, 5.41) is 3.38. The predicted octanol–water partition coefficient (Wildman–Crippen LogP) is 3.47. The van der Waals surface area contributed by atoms with Crippen LogP contribution >= 0.6 is 23.2 Å². The van der Waals surface area contributed by atoms with E-state index in [4.69, 9.17) is 32.7 Å². The number of hydrogen-bond donors (Lipinski definition) is 2. The van der Waals surface area contributed by atoms with Gasteiger partial charge in [0, 0.05) is 23.2 Å². The molecule has 2 aromatic rings. The van der Waals surface area contributed by atoms with E-state index in [1.807, 2.05) is 0 Å². The van der Waals surface area contributed by atoms with Gasteiger partial charge in [-0.25, -0.2) is 8.42 Å². The molecule has 1 fully saturated rings. The lowest BCUT2D eigenvalue weighted by atomic mass is 10.2. The Morgan fingerprint density at radius 2 is 1.83 bits per heavy atom.